The second kappa shape index (κ2) is 10.3. The fourth-order valence-electron chi connectivity index (χ4n) is 2.11. The van der Waals surface area contributed by atoms with E-state index >= 15 is 0 Å². The highest BCUT2D eigenvalue weighted by molar-refractivity contribution is 6.02. The smallest absolute Gasteiger partial charge is 0.338 e. The first-order chi connectivity index (χ1) is 13.9. The molecule has 150 valence electrons. The standard InChI is InChI=1S/C20H18N2O7/c1-28-16-8-6-15(7-9-16)22-18(24)12-29-20(27)13-2-4-14(5-3-13)21-17(23)10-11-19(25)26/h2-11H,12H2,1H3,(H,21,23)(H,22,24)(H,25,26). The van der Waals surface area contributed by atoms with Crippen molar-refractivity contribution in [2.24, 2.45) is 0 Å². The van der Waals surface area contributed by atoms with Crippen molar-refractivity contribution in [3.05, 3.63) is 66.2 Å². The molecule has 29 heavy (non-hydrogen) atoms. The third kappa shape index (κ3) is 7.18. The van der Waals surface area contributed by atoms with Gasteiger partial charge in [-0.3, -0.25) is 9.59 Å². The lowest BCUT2D eigenvalue weighted by Gasteiger charge is -2.08. The number of carbonyl (C=O) groups is 4. The Labute approximate surface area is 165 Å². The van der Waals surface area contributed by atoms with Crippen molar-refractivity contribution in [3.8, 4) is 5.75 Å². The van der Waals surface area contributed by atoms with Gasteiger partial charge in [-0.15, -0.1) is 0 Å². The maximum atomic E-state index is 12.0. The molecule has 2 aromatic rings. The zero-order chi connectivity index (χ0) is 21.2. The van der Waals surface area contributed by atoms with E-state index in [2.05, 4.69) is 10.6 Å². The Morgan fingerprint density at radius 1 is 0.897 bits per heavy atom. The van der Waals surface area contributed by atoms with Crippen LogP contribution < -0.4 is 15.4 Å². The Kier molecular flexibility index (Phi) is 7.49. The highest BCUT2D eigenvalue weighted by atomic mass is 16.5. The maximum Gasteiger partial charge on any atom is 0.338 e. The molecular formula is C20H18N2O7. The predicted molar refractivity (Wildman–Crippen MR) is 104 cm³/mol. The quantitative estimate of drug-likeness (QED) is 0.458. The number of nitrogens with one attached hydrogen (secondary N) is 2. The van der Waals surface area contributed by atoms with Gasteiger partial charge < -0.3 is 25.2 Å². The number of hydrogen-bond acceptors (Lipinski definition) is 6. The summed E-state index contributed by atoms with van der Waals surface area (Å²) in [7, 11) is 1.53. The van der Waals surface area contributed by atoms with Gasteiger partial charge in [0.2, 0.25) is 5.91 Å². The molecule has 9 nitrogen and oxygen atoms in total. The number of hydrogen-bond donors (Lipinski definition) is 3. The van der Waals surface area contributed by atoms with Crippen LogP contribution in [0.3, 0.4) is 0 Å². The van der Waals surface area contributed by atoms with E-state index in [-0.39, 0.29) is 5.56 Å². The summed E-state index contributed by atoms with van der Waals surface area (Å²) in [5.41, 5.74) is 1.07. The minimum absolute atomic E-state index is 0.182. The van der Waals surface area contributed by atoms with E-state index in [1.54, 1.807) is 24.3 Å². The lowest BCUT2D eigenvalue weighted by molar-refractivity contribution is -0.131. The van der Waals surface area contributed by atoms with Gasteiger partial charge >= 0.3 is 11.9 Å². The summed E-state index contributed by atoms with van der Waals surface area (Å²) in [6.45, 7) is -0.469. The zero-order valence-electron chi connectivity index (χ0n) is 15.4. The van der Waals surface area contributed by atoms with Crippen LogP contribution in [-0.2, 0) is 19.1 Å². The molecule has 0 bridgehead atoms. The van der Waals surface area contributed by atoms with Crippen LogP contribution in [0.15, 0.2) is 60.7 Å². The molecule has 0 aliphatic heterocycles. The molecule has 2 rings (SSSR count). The Bertz CT molecular complexity index is 919. The molecule has 0 saturated heterocycles. The summed E-state index contributed by atoms with van der Waals surface area (Å²) < 4.78 is 9.97. The minimum Gasteiger partial charge on any atom is -0.497 e. The van der Waals surface area contributed by atoms with E-state index in [1.165, 1.54) is 31.4 Å². The van der Waals surface area contributed by atoms with Crippen molar-refractivity contribution in [3.63, 3.8) is 0 Å². The molecule has 0 atom stereocenters. The minimum atomic E-state index is -1.24. The fourth-order valence-corrected chi connectivity index (χ4v) is 2.11. The molecule has 0 saturated carbocycles. The molecule has 2 aromatic carbocycles. The van der Waals surface area contributed by atoms with Crippen molar-refractivity contribution in [2.75, 3.05) is 24.4 Å². The third-order valence-electron chi connectivity index (χ3n) is 3.47. The number of carboxylic acid groups (broad SMARTS) is 1. The van der Waals surface area contributed by atoms with Gasteiger partial charge in [-0.1, -0.05) is 0 Å². The van der Waals surface area contributed by atoms with Crippen molar-refractivity contribution in [2.45, 2.75) is 0 Å². The van der Waals surface area contributed by atoms with Gasteiger partial charge in [0, 0.05) is 23.5 Å². The van der Waals surface area contributed by atoms with E-state index in [0.29, 0.717) is 23.2 Å². The first-order valence-corrected chi connectivity index (χ1v) is 8.30. The number of carboxylic acids is 1. The van der Waals surface area contributed by atoms with Gasteiger partial charge in [-0.05, 0) is 48.5 Å². The second-order valence-corrected chi connectivity index (χ2v) is 5.59. The van der Waals surface area contributed by atoms with Gasteiger partial charge in [0.25, 0.3) is 5.91 Å². The molecule has 0 unspecified atom stereocenters. The van der Waals surface area contributed by atoms with E-state index in [9.17, 15) is 19.2 Å². The van der Waals surface area contributed by atoms with Crippen molar-refractivity contribution >= 4 is 35.1 Å². The number of aliphatic carboxylic acids is 1. The Hall–Kier alpha value is -4.14. The summed E-state index contributed by atoms with van der Waals surface area (Å²) in [6, 6.07) is 12.4. The topological polar surface area (TPSA) is 131 Å². The maximum absolute atomic E-state index is 12.0. The summed E-state index contributed by atoms with van der Waals surface area (Å²) in [5.74, 6) is -2.43. The van der Waals surface area contributed by atoms with E-state index in [1.807, 2.05) is 0 Å². The highest BCUT2D eigenvalue weighted by Crippen LogP contribution is 2.15. The number of methoxy groups -OCH3 is 1. The number of rotatable bonds is 8. The molecule has 0 fully saturated rings. The van der Waals surface area contributed by atoms with Gasteiger partial charge in [0.05, 0.1) is 12.7 Å². The lowest BCUT2D eigenvalue weighted by atomic mass is 10.2. The van der Waals surface area contributed by atoms with Crippen LogP contribution >= 0.6 is 0 Å². The number of anilines is 2. The first-order valence-electron chi connectivity index (χ1n) is 8.30. The van der Waals surface area contributed by atoms with E-state index < -0.39 is 30.4 Å². The monoisotopic (exact) mass is 398 g/mol. The SMILES string of the molecule is COc1ccc(NC(=O)COC(=O)c2ccc(NC(=O)C=CC(=O)O)cc2)cc1. The van der Waals surface area contributed by atoms with Gasteiger partial charge in [-0.2, -0.15) is 0 Å². The van der Waals surface area contributed by atoms with Crippen LogP contribution in [0, 0.1) is 0 Å². The molecule has 0 aliphatic carbocycles. The van der Waals surface area contributed by atoms with Crippen LogP contribution in [0.2, 0.25) is 0 Å². The molecule has 0 aliphatic rings. The number of esters is 1. The van der Waals surface area contributed by atoms with Gasteiger partial charge in [0.1, 0.15) is 5.75 Å². The van der Waals surface area contributed by atoms with Crippen LogP contribution in [0.4, 0.5) is 11.4 Å². The molecule has 2 amide bonds. The molecule has 3 N–H and O–H groups in total. The predicted octanol–water partition coefficient (Wildman–Crippen LogP) is 2.07. The molecular weight excluding hydrogens is 380 g/mol. The number of ether oxygens (including phenoxy) is 2. The van der Waals surface area contributed by atoms with Crippen LogP contribution in [0.5, 0.6) is 5.75 Å². The Morgan fingerprint density at radius 3 is 2.07 bits per heavy atom. The van der Waals surface area contributed by atoms with Crippen molar-refractivity contribution < 1.29 is 33.8 Å². The molecule has 9 heteroatoms. The molecule has 0 spiro atoms. The Balaban J connectivity index is 1.83. The van der Waals surface area contributed by atoms with Crippen LogP contribution in [0.1, 0.15) is 10.4 Å². The normalized spacial score (nSPS) is 10.2. The van der Waals surface area contributed by atoms with Crippen LogP contribution in [0.25, 0.3) is 0 Å². The summed E-state index contributed by atoms with van der Waals surface area (Å²) in [5, 5.41) is 13.5. The van der Waals surface area contributed by atoms with Crippen LogP contribution in [-0.4, -0.2) is 42.6 Å². The largest absolute Gasteiger partial charge is 0.497 e. The average molecular weight is 398 g/mol. The van der Waals surface area contributed by atoms with E-state index in [0.717, 1.165) is 6.08 Å². The third-order valence-corrected chi connectivity index (χ3v) is 3.47. The summed E-state index contributed by atoms with van der Waals surface area (Å²) in [6.07, 6.45) is 1.57. The molecule has 0 heterocycles. The van der Waals surface area contributed by atoms with Crippen molar-refractivity contribution in [1.82, 2.24) is 0 Å². The number of carbonyl (C=O) groups excluding carboxylic acids is 3. The summed E-state index contributed by atoms with van der Waals surface area (Å²) >= 11 is 0. The van der Waals surface area contributed by atoms with Gasteiger partial charge in [-0.25, -0.2) is 9.59 Å². The fraction of sp³-hybridized carbons (Fsp3) is 0.100. The lowest BCUT2D eigenvalue weighted by Crippen LogP contribution is -2.20. The molecule has 0 radical (unpaired) electrons. The average Bonchev–Trinajstić information content (AvgIpc) is 2.71. The second-order valence-electron chi connectivity index (χ2n) is 5.59. The molecule has 0 aromatic heterocycles. The zero-order valence-corrected chi connectivity index (χ0v) is 15.4. The summed E-state index contributed by atoms with van der Waals surface area (Å²) in [4.78, 5) is 45.7. The number of amides is 2. The van der Waals surface area contributed by atoms with Gasteiger partial charge in [0.15, 0.2) is 6.61 Å². The Morgan fingerprint density at radius 2 is 1.48 bits per heavy atom. The van der Waals surface area contributed by atoms with Crippen molar-refractivity contribution in [1.29, 1.82) is 0 Å². The number of benzene rings is 2. The first kappa shape index (κ1) is 21.2. The van der Waals surface area contributed by atoms with E-state index in [4.69, 9.17) is 14.6 Å². The highest BCUT2D eigenvalue weighted by Gasteiger charge is 2.11.